The molecule has 1 aliphatic rings. The SMILES string of the molecule is CCC(/C=C1\Oc2ccc(-c3cc4ccccc4s3)cc2N1CCCS(=O)(=O)[O-])=C\c1sc2ccc3ccccc3c2[n+]1CCCS(=O)(=O)[O-]. The molecule has 0 spiro atoms. The smallest absolute Gasteiger partial charge is 0.263 e. The Kier molecular flexibility index (Phi) is 9.54. The minimum atomic E-state index is -4.40. The molecule has 0 fully saturated rings. The number of fused-ring (bicyclic) bond motifs is 5. The molecule has 0 aliphatic carbocycles. The van der Waals surface area contributed by atoms with Gasteiger partial charge in [0.25, 0.3) is 5.01 Å². The predicted octanol–water partition coefficient (Wildman–Crippen LogP) is 7.63. The number of hydrogen-bond acceptors (Lipinski definition) is 10. The average Bonchev–Trinajstić information content (AvgIpc) is 3.76. The zero-order valence-corrected chi connectivity index (χ0v) is 30.3. The maximum atomic E-state index is 11.5. The van der Waals surface area contributed by atoms with Gasteiger partial charge < -0.3 is 18.7 Å². The lowest BCUT2D eigenvalue weighted by Gasteiger charge is -2.19. The Morgan fingerprint density at radius 1 is 0.840 bits per heavy atom. The third-order valence-electron chi connectivity index (χ3n) is 8.63. The van der Waals surface area contributed by atoms with Crippen molar-refractivity contribution in [2.24, 2.45) is 0 Å². The Morgan fingerprint density at radius 2 is 1.58 bits per heavy atom. The second-order valence-electron chi connectivity index (χ2n) is 12.1. The fourth-order valence-electron chi connectivity index (χ4n) is 6.28. The van der Waals surface area contributed by atoms with Crippen molar-refractivity contribution in [1.29, 1.82) is 0 Å². The molecule has 3 heterocycles. The summed E-state index contributed by atoms with van der Waals surface area (Å²) in [7, 11) is -8.77. The van der Waals surface area contributed by atoms with Gasteiger partial charge in [-0.2, -0.15) is 4.57 Å². The van der Waals surface area contributed by atoms with E-state index in [1.807, 2.05) is 78.6 Å². The second-order valence-corrected chi connectivity index (χ2v) is 17.3. The quantitative estimate of drug-likeness (QED) is 0.0924. The minimum absolute atomic E-state index is 0.121. The Hall–Kier alpha value is -4.11. The van der Waals surface area contributed by atoms with Crippen LogP contribution in [-0.2, 0) is 26.8 Å². The number of ether oxygens (including phenoxy) is 1. The van der Waals surface area contributed by atoms with Crippen molar-refractivity contribution in [2.75, 3.05) is 23.0 Å². The van der Waals surface area contributed by atoms with E-state index >= 15 is 0 Å². The van der Waals surface area contributed by atoms with Crippen molar-refractivity contribution in [3.63, 3.8) is 0 Å². The summed E-state index contributed by atoms with van der Waals surface area (Å²) in [5.74, 6) is 0.191. The monoisotopic (exact) mass is 745 g/mol. The fraction of sp³-hybridized carbons (Fsp3) is 0.216. The zero-order valence-electron chi connectivity index (χ0n) is 27.1. The van der Waals surface area contributed by atoms with Gasteiger partial charge in [0.15, 0.2) is 12.3 Å². The summed E-state index contributed by atoms with van der Waals surface area (Å²) in [6, 6.07) is 28.4. The molecular formula is C37H33N2O7S4-. The van der Waals surface area contributed by atoms with Gasteiger partial charge in [-0.15, -0.1) is 11.3 Å². The molecule has 9 nitrogen and oxygen atoms in total. The number of rotatable bonds is 12. The molecule has 0 saturated carbocycles. The number of aromatic nitrogens is 1. The molecular weight excluding hydrogens is 713 g/mol. The second kappa shape index (κ2) is 13.9. The molecule has 0 radical (unpaired) electrons. The number of anilines is 1. The van der Waals surface area contributed by atoms with E-state index in [2.05, 4.69) is 34.9 Å². The number of allylic oxidation sites excluding steroid dienone is 2. The molecule has 0 unspecified atom stereocenters. The Morgan fingerprint density at radius 3 is 2.34 bits per heavy atom. The highest BCUT2D eigenvalue weighted by Crippen LogP contribution is 2.44. The number of thiophene rings is 1. The molecule has 4 aromatic carbocycles. The number of thiazole rings is 1. The number of nitrogens with zero attached hydrogens (tertiary/aromatic N) is 2. The summed E-state index contributed by atoms with van der Waals surface area (Å²) in [4.78, 5) is 3.01. The van der Waals surface area contributed by atoms with Gasteiger partial charge in [0.2, 0.25) is 11.4 Å². The van der Waals surface area contributed by atoms with Crippen LogP contribution in [0.4, 0.5) is 5.69 Å². The largest absolute Gasteiger partial charge is 0.748 e. The maximum Gasteiger partial charge on any atom is 0.263 e. The van der Waals surface area contributed by atoms with Crippen molar-refractivity contribution < 1.29 is 35.2 Å². The van der Waals surface area contributed by atoms with Crippen LogP contribution in [0.25, 0.3) is 47.6 Å². The molecule has 0 saturated heterocycles. The van der Waals surface area contributed by atoms with Crippen molar-refractivity contribution in [3.05, 3.63) is 107 Å². The summed E-state index contributed by atoms with van der Waals surface area (Å²) >= 11 is 3.27. The van der Waals surface area contributed by atoms with Crippen molar-refractivity contribution in [1.82, 2.24) is 0 Å². The van der Waals surface area contributed by atoms with E-state index < -0.39 is 31.7 Å². The van der Waals surface area contributed by atoms with Gasteiger partial charge in [-0.1, -0.05) is 60.7 Å². The van der Waals surface area contributed by atoms with Crippen molar-refractivity contribution in [2.45, 2.75) is 32.7 Å². The lowest BCUT2D eigenvalue weighted by atomic mass is 10.1. The number of benzene rings is 4. The maximum absolute atomic E-state index is 11.5. The highest BCUT2D eigenvalue weighted by Gasteiger charge is 2.28. The molecule has 50 heavy (non-hydrogen) atoms. The molecule has 1 aliphatic heterocycles. The van der Waals surface area contributed by atoms with Crippen LogP contribution in [-0.4, -0.2) is 44.0 Å². The van der Waals surface area contributed by atoms with Gasteiger partial charge in [0.05, 0.1) is 31.3 Å². The van der Waals surface area contributed by atoms with E-state index in [-0.39, 0.29) is 19.4 Å². The van der Waals surface area contributed by atoms with E-state index in [0.29, 0.717) is 24.6 Å². The molecule has 0 bridgehead atoms. The van der Waals surface area contributed by atoms with Crippen molar-refractivity contribution >= 4 is 85.7 Å². The van der Waals surface area contributed by atoms with Gasteiger partial charge >= 0.3 is 0 Å². The average molecular weight is 746 g/mol. The topological polar surface area (TPSA) is 131 Å². The third kappa shape index (κ3) is 7.48. The molecule has 0 N–H and O–H groups in total. The Labute approximate surface area is 298 Å². The predicted molar refractivity (Wildman–Crippen MR) is 199 cm³/mol. The van der Waals surface area contributed by atoms with Gasteiger partial charge in [-0.3, -0.25) is 0 Å². The molecule has 258 valence electrons. The van der Waals surface area contributed by atoms with E-state index in [1.54, 1.807) is 22.7 Å². The molecule has 2 aromatic heterocycles. The standard InChI is InChI=1S/C37H34N2O7S4/c1-2-25(22-36-39(18-8-20-50(43,44)45)37-29-11-5-3-9-26(29)14-16-33(37)48-36)21-35-38(17-7-19-49(40,41)42)30-23-28(13-15-31(30)46-35)34-24-27-10-4-6-12-32(27)47-34/h3-6,9-16,21-24H,2,7-8,17-20H2,1H3,(H-,40,41,42,43,44,45)/p-1. The summed E-state index contributed by atoms with van der Waals surface area (Å²) in [5.41, 5.74) is 3.68. The summed E-state index contributed by atoms with van der Waals surface area (Å²) in [6.45, 7) is 2.62. The number of hydrogen-bond donors (Lipinski definition) is 0. The van der Waals surface area contributed by atoms with Gasteiger partial charge in [0, 0.05) is 46.2 Å². The van der Waals surface area contributed by atoms with Crippen molar-refractivity contribution in [3.8, 4) is 16.2 Å². The zero-order chi connectivity index (χ0) is 35.0. The van der Waals surface area contributed by atoms with E-state index in [0.717, 1.165) is 53.1 Å². The minimum Gasteiger partial charge on any atom is -0.748 e. The lowest BCUT2D eigenvalue weighted by molar-refractivity contribution is -0.667. The van der Waals surface area contributed by atoms with Crippen LogP contribution >= 0.6 is 22.7 Å². The Bertz CT molecular complexity index is 2500. The van der Waals surface area contributed by atoms with Gasteiger partial charge in [-0.25, -0.2) is 16.8 Å². The molecule has 0 amide bonds. The number of aryl methyl sites for hydroxylation is 1. The first-order valence-corrected chi connectivity index (χ1v) is 21.0. The van der Waals surface area contributed by atoms with Crippen LogP contribution in [0.1, 0.15) is 31.2 Å². The van der Waals surface area contributed by atoms with Crippen LogP contribution in [0, 0.1) is 0 Å². The van der Waals surface area contributed by atoms with Crippen LogP contribution in [0.3, 0.4) is 0 Å². The first-order chi connectivity index (χ1) is 24.0. The van der Waals surface area contributed by atoms with Crippen LogP contribution in [0.5, 0.6) is 5.75 Å². The first kappa shape index (κ1) is 34.3. The van der Waals surface area contributed by atoms with Gasteiger partial charge in [0.1, 0.15) is 4.70 Å². The summed E-state index contributed by atoms with van der Waals surface area (Å²) in [5, 5.41) is 4.13. The molecule has 7 rings (SSSR count). The van der Waals surface area contributed by atoms with E-state index in [9.17, 15) is 25.9 Å². The van der Waals surface area contributed by atoms with Crippen LogP contribution < -0.4 is 14.2 Å². The fourth-order valence-corrected chi connectivity index (χ4v) is 9.49. The van der Waals surface area contributed by atoms with Crippen LogP contribution in [0.2, 0.25) is 0 Å². The van der Waals surface area contributed by atoms with E-state index in [1.165, 1.54) is 4.70 Å². The highest BCUT2D eigenvalue weighted by atomic mass is 32.2. The van der Waals surface area contributed by atoms with E-state index in [4.69, 9.17) is 4.74 Å². The Balaban J connectivity index is 1.28. The highest BCUT2D eigenvalue weighted by molar-refractivity contribution is 7.85. The summed E-state index contributed by atoms with van der Waals surface area (Å²) < 4.78 is 79.7. The van der Waals surface area contributed by atoms with Gasteiger partial charge in [-0.05, 0) is 77.2 Å². The molecule has 13 heteroatoms. The lowest BCUT2D eigenvalue weighted by Crippen LogP contribution is -2.36. The molecule has 0 atom stereocenters. The van der Waals surface area contributed by atoms with Crippen LogP contribution in [0.15, 0.2) is 102 Å². The normalized spacial score (nSPS) is 14.7. The third-order valence-corrected chi connectivity index (χ3v) is 12.5. The summed E-state index contributed by atoms with van der Waals surface area (Å²) in [6.07, 6.45) is 4.90. The first-order valence-electron chi connectivity index (χ1n) is 16.2. The molecule has 6 aromatic rings.